The van der Waals surface area contributed by atoms with E-state index < -0.39 is 0 Å². The molecule has 3 atom stereocenters. The fourth-order valence-corrected chi connectivity index (χ4v) is 3.82. The summed E-state index contributed by atoms with van der Waals surface area (Å²) in [4.78, 5) is 17.2. The number of amides is 1. The van der Waals surface area contributed by atoms with Gasteiger partial charge in [0.15, 0.2) is 0 Å². The Morgan fingerprint density at radius 2 is 1.94 bits per heavy atom. The standard InChI is InChI=1S/C14H26N2OS/c1-4-15-9-5-7-12(15)13-8-6-10-16(13)14(17)11(2)18-3/h11-13H,4-10H2,1-3H3. The summed E-state index contributed by atoms with van der Waals surface area (Å²) in [6.07, 6.45) is 6.99. The molecule has 1 amide bonds. The molecule has 0 radical (unpaired) electrons. The Morgan fingerprint density at radius 3 is 2.61 bits per heavy atom. The summed E-state index contributed by atoms with van der Waals surface area (Å²) in [6, 6.07) is 1.10. The zero-order valence-corrected chi connectivity index (χ0v) is 12.7. The van der Waals surface area contributed by atoms with Crippen LogP contribution in [0.5, 0.6) is 0 Å². The third-order valence-electron chi connectivity index (χ3n) is 4.55. The number of likely N-dealkylation sites (N-methyl/N-ethyl adjacent to an activating group) is 1. The van der Waals surface area contributed by atoms with E-state index in [9.17, 15) is 4.79 Å². The molecule has 0 bridgehead atoms. The van der Waals surface area contributed by atoms with Gasteiger partial charge in [-0.05, 0) is 52.0 Å². The van der Waals surface area contributed by atoms with Gasteiger partial charge in [0.2, 0.25) is 5.91 Å². The van der Waals surface area contributed by atoms with Gasteiger partial charge in [-0.15, -0.1) is 0 Å². The minimum absolute atomic E-state index is 0.113. The van der Waals surface area contributed by atoms with Crippen LogP contribution in [0, 0.1) is 0 Å². The lowest BCUT2D eigenvalue weighted by Crippen LogP contribution is -2.50. The molecule has 0 spiro atoms. The van der Waals surface area contributed by atoms with Crippen molar-refractivity contribution in [3.63, 3.8) is 0 Å². The van der Waals surface area contributed by atoms with Gasteiger partial charge in [-0.3, -0.25) is 9.69 Å². The normalized spacial score (nSPS) is 30.9. The van der Waals surface area contributed by atoms with Gasteiger partial charge >= 0.3 is 0 Å². The summed E-state index contributed by atoms with van der Waals surface area (Å²) in [6.45, 7) is 7.60. The molecule has 2 saturated heterocycles. The van der Waals surface area contributed by atoms with E-state index in [0.717, 1.165) is 13.1 Å². The maximum Gasteiger partial charge on any atom is 0.235 e. The van der Waals surface area contributed by atoms with E-state index in [4.69, 9.17) is 0 Å². The number of carbonyl (C=O) groups excluding carboxylic acids is 1. The van der Waals surface area contributed by atoms with Crippen LogP contribution in [-0.4, -0.2) is 58.9 Å². The Labute approximate surface area is 115 Å². The summed E-state index contributed by atoms with van der Waals surface area (Å²) < 4.78 is 0. The Morgan fingerprint density at radius 1 is 1.28 bits per heavy atom. The Hall–Kier alpha value is -0.220. The monoisotopic (exact) mass is 270 g/mol. The molecule has 0 aromatic carbocycles. The molecular weight excluding hydrogens is 244 g/mol. The van der Waals surface area contributed by atoms with Gasteiger partial charge in [0, 0.05) is 18.6 Å². The fraction of sp³-hybridized carbons (Fsp3) is 0.929. The minimum Gasteiger partial charge on any atom is -0.337 e. The van der Waals surface area contributed by atoms with Crippen molar-refractivity contribution in [1.29, 1.82) is 0 Å². The lowest BCUT2D eigenvalue weighted by molar-refractivity contribution is -0.132. The highest BCUT2D eigenvalue weighted by molar-refractivity contribution is 7.99. The van der Waals surface area contributed by atoms with Crippen LogP contribution in [0.15, 0.2) is 0 Å². The van der Waals surface area contributed by atoms with E-state index in [1.165, 1.54) is 32.2 Å². The Bertz CT molecular complexity index is 298. The van der Waals surface area contributed by atoms with Crippen molar-refractivity contribution < 1.29 is 4.79 Å². The second kappa shape index (κ2) is 6.29. The zero-order valence-electron chi connectivity index (χ0n) is 11.9. The number of rotatable bonds is 4. The molecule has 0 aliphatic carbocycles. The van der Waals surface area contributed by atoms with E-state index in [1.54, 1.807) is 11.8 Å². The second-order valence-electron chi connectivity index (χ2n) is 5.46. The first-order valence-corrected chi connectivity index (χ1v) is 8.55. The molecule has 4 heteroatoms. The first-order valence-electron chi connectivity index (χ1n) is 7.26. The van der Waals surface area contributed by atoms with Crippen LogP contribution in [0.2, 0.25) is 0 Å². The van der Waals surface area contributed by atoms with Gasteiger partial charge < -0.3 is 4.90 Å². The number of nitrogens with zero attached hydrogens (tertiary/aromatic N) is 2. The van der Waals surface area contributed by atoms with Gasteiger partial charge in [-0.2, -0.15) is 11.8 Å². The Balaban J connectivity index is 2.05. The first-order chi connectivity index (χ1) is 8.69. The highest BCUT2D eigenvalue weighted by Gasteiger charge is 2.39. The number of carbonyl (C=O) groups is 1. The van der Waals surface area contributed by atoms with E-state index >= 15 is 0 Å². The largest absolute Gasteiger partial charge is 0.337 e. The highest BCUT2D eigenvalue weighted by atomic mass is 32.2. The van der Waals surface area contributed by atoms with Gasteiger partial charge in [-0.1, -0.05) is 6.92 Å². The number of likely N-dealkylation sites (tertiary alicyclic amines) is 2. The van der Waals surface area contributed by atoms with Crippen LogP contribution in [-0.2, 0) is 4.79 Å². The van der Waals surface area contributed by atoms with Crippen LogP contribution < -0.4 is 0 Å². The lowest BCUT2D eigenvalue weighted by Gasteiger charge is -2.35. The van der Waals surface area contributed by atoms with Crippen molar-refractivity contribution in [2.24, 2.45) is 0 Å². The number of hydrogen-bond donors (Lipinski definition) is 0. The van der Waals surface area contributed by atoms with Gasteiger partial charge in [0.05, 0.1) is 5.25 Å². The molecule has 3 nitrogen and oxygen atoms in total. The molecular formula is C14H26N2OS. The average Bonchev–Trinajstić information content (AvgIpc) is 3.03. The van der Waals surface area contributed by atoms with Crippen molar-refractivity contribution in [2.75, 3.05) is 25.9 Å². The van der Waals surface area contributed by atoms with Crippen molar-refractivity contribution >= 4 is 17.7 Å². The third kappa shape index (κ3) is 2.69. The van der Waals surface area contributed by atoms with Crippen molar-refractivity contribution in [1.82, 2.24) is 9.80 Å². The second-order valence-corrected chi connectivity index (χ2v) is 6.64. The topological polar surface area (TPSA) is 23.6 Å². The van der Waals surface area contributed by atoms with Crippen LogP contribution >= 0.6 is 11.8 Å². The fourth-order valence-electron chi connectivity index (χ4n) is 3.48. The molecule has 0 aromatic heterocycles. The summed E-state index contributed by atoms with van der Waals surface area (Å²) >= 11 is 1.67. The maximum absolute atomic E-state index is 12.4. The van der Waals surface area contributed by atoms with Crippen molar-refractivity contribution in [3.05, 3.63) is 0 Å². The molecule has 2 rings (SSSR count). The average molecular weight is 270 g/mol. The Kier molecular flexibility index (Phi) is 4.96. The quantitative estimate of drug-likeness (QED) is 0.782. The van der Waals surface area contributed by atoms with Crippen molar-refractivity contribution in [2.45, 2.75) is 56.9 Å². The molecule has 104 valence electrons. The predicted octanol–water partition coefficient (Wildman–Crippen LogP) is 2.21. The third-order valence-corrected chi connectivity index (χ3v) is 5.46. The van der Waals surface area contributed by atoms with E-state index in [0.29, 0.717) is 18.0 Å². The molecule has 18 heavy (non-hydrogen) atoms. The van der Waals surface area contributed by atoms with Crippen LogP contribution in [0.1, 0.15) is 39.5 Å². The van der Waals surface area contributed by atoms with Crippen molar-refractivity contribution in [3.8, 4) is 0 Å². The van der Waals surface area contributed by atoms with Crippen LogP contribution in [0.25, 0.3) is 0 Å². The van der Waals surface area contributed by atoms with Crippen LogP contribution in [0.4, 0.5) is 0 Å². The predicted molar refractivity (Wildman–Crippen MR) is 78.0 cm³/mol. The lowest BCUT2D eigenvalue weighted by atomic mass is 10.0. The molecule has 2 heterocycles. The van der Waals surface area contributed by atoms with Gasteiger partial charge in [0.1, 0.15) is 0 Å². The molecule has 0 aromatic rings. The molecule has 2 aliphatic rings. The summed E-state index contributed by atoms with van der Waals surface area (Å²) in [5.74, 6) is 0.355. The van der Waals surface area contributed by atoms with Gasteiger partial charge in [-0.25, -0.2) is 0 Å². The van der Waals surface area contributed by atoms with Crippen LogP contribution in [0.3, 0.4) is 0 Å². The van der Waals surface area contributed by atoms with E-state index in [2.05, 4.69) is 16.7 Å². The zero-order chi connectivity index (χ0) is 13.1. The van der Waals surface area contributed by atoms with Gasteiger partial charge in [0.25, 0.3) is 0 Å². The summed E-state index contributed by atoms with van der Waals surface area (Å²) in [7, 11) is 0. The molecule has 2 fully saturated rings. The number of hydrogen-bond acceptors (Lipinski definition) is 3. The van der Waals surface area contributed by atoms with E-state index in [1.807, 2.05) is 13.2 Å². The SMILES string of the molecule is CCN1CCCC1C1CCCN1C(=O)C(C)SC. The molecule has 0 N–H and O–H groups in total. The summed E-state index contributed by atoms with van der Waals surface area (Å²) in [5, 5.41) is 0.113. The molecule has 2 aliphatic heterocycles. The number of thioether (sulfide) groups is 1. The van der Waals surface area contributed by atoms with E-state index in [-0.39, 0.29) is 5.25 Å². The summed E-state index contributed by atoms with van der Waals surface area (Å²) in [5.41, 5.74) is 0. The minimum atomic E-state index is 0.113. The maximum atomic E-state index is 12.4. The molecule has 3 unspecified atom stereocenters. The first kappa shape index (κ1) is 14.2. The molecule has 0 saturated carbocycles. The smallest absolute Gasteiger partial charge is 0.235 e. The highest BCUT2D eigenvalue weighted by Crippen LogP contribution is 2.31.